The van der Waals surface area contributed by atoms with Crippen molar-refractivity contribution in [3.63, 3.8) is 0 Å². The summed E-state index contributed by atoms with van der Waals surface area (Å²) in [4.78, 5) is 10.8. The molecular weight excluding hydrogens is 190 g/mol. The molecule has 0 spiro atoms. The minimum absolute atomic E-state index is 0.0331. The summed E-state index contributed by atoms with van der Waals surface area (Å²) in [6.07, 6.45) is 0.880. The van der Waals surface area contributed by atoms with E-state index in [2.05, 4.69) is 13.8 Å². The second-order valence-corrected chi connectivity index (χ2v) is 4.80. The SMILES string of the molecule is CC1(C)CC(N)c2cc(C(=O)O)ccc21. The lowest BCUT2D eigenvalue weighted by atomic mass is 9.86. The summed E-state index contributed by atoms with van der Waals surface area (Å²) in [5.74, 6) is -0.894. The van der Waals surface area contributed by atoms with E-state index in [0.29, 0.717) is 5.56 Å². The van der Waals surface area contributed by atoms with Crippen molar-refractivity contribution in [1.82, 2.24) is 0 Å². The quantitative estimate of drug-likeness (QED) is 0.737. The van der Waals surface area contributed by atoms with Crippen molar-refractivity contribution in [3.8, 4) is 0 Å². The van der Waals surface area contributed by atoms with Gasteiger partial charge in [0.25, 0.3) is 0 Å². The highest BCUT2D eigenvalue weighted by atomic mass is 16.4. The molecule has 2 rings (SSSR count). The van der Waals surface area contributed by atoms with Gasteiger partial charge in [0.15, 0.2) is 0 Å². The molecule has 80 valence electrons. The molecule has 0 radical (unpaired) electrons. The molecule has 15 heavy (non-hydrogen) atoms. The average molecular weight is 205 g/mol. The predicted molar refractivity (Wildman–Crippen MR) is 58.0 cm³/mol. The maximum absolute atomic E-state index is 10.8. The van der Waals surface area contributed by atoms with Gasteiger partial charge in [0, 0.05) is 6.04 Å². The van der Waals surface area contributed by atoms with Crippen LogP contribution in [0.5, 0.6) is 0 Å². The van der Waals surface area contributed by atoms with Crippen LogP contribution >= 0.6 is 0 Å². The summed E-state index contributed by atoms with van der Waals surface area (Å²) in [5, 5.41) is 8.89. The standard InChI is InChI=1S/C12H15NO2/c1-12(2)6-10(13)8-5-7(11(14)15)3-4-9(8)12/h3-5,10H,6,13H2,1-2H3,(H,14,15). The molecule has 3 N–H and O–H groups in total. The Labute approximate surface area is 88.9 Å². The number of carboxylic acids is 1. The van der Waals surface area contributed by atoms with Crippen LogP contribution in [-0.2, 0) is 5.41 Å². The van der Waals surface area contributed by atoms with Crippen molar-refractivity contribution >= 4 is 5.97 Å². The van der Waals surface area contributed by atoms with E-state index in [9.17, 15) is 4.79 Å². The third-order valence-electron chi connectivity index (χ3n) is 3.16. The Bertz CT molecular complexity index is 424. The number of benzene rings is 1. The van der Waals surface area contributed by atoms with Crippen molar-refractivity contribution in [2.24, 2.45) is 5.73 Å². The van der Waals surface area contributed by atoms with Gasteiger partial charge in [-0.15, -0.1) is 0 Å². The fraction of sp³-hybridized carbons (Fsp3) is 0.417. The maximum Gasteiger partial charge on any atom is 0.335 e. The smallest absolute Gasteiger partial charge is 0.335 e. The lowest BCUT2D eigenvalue weighted by Gasteiger charge is -2.18. The van der Waals surface area contributed by atoms with E-state index >= 15 is 0 Å². The number of rotatable bonds is 1. The van der Waals surface area contributed by atoms with Crippen molar-refractivity contribution in [2.75, 3.05) is 0 Å². The molecule has 3 nitrogen and oxygen atoms in total. The maximum atomic E-state index is 10.8. The number of hydrogen-bond acceptors (Lipinski definition) is 2. The predicted octanol–water partition coefficient (Wildman–Crippen LogP) is 2.07. The molecule has 1 atom stereocenters. The van der Waals surface area contributed by atoms with Crippen LogP contribution in [0, 0.1) is 0 Å². The summed E-state index contributed by atoms with van der Waals surface area (Å²) in [6, 6.07) is 5.22. The molecule has 1 aliphatic carbocycles. The average Bonchev–Trinajstić information content (AvgIpc) is 2.37. The van der Waals surface area contributed by atoms with Gasteiger partial charge in [0.2, 0.25) is 0 Å². The molecule has 1 aromatic carbocycles. The van der Waals surface area contributed by atoms with Crippen LogP contribution in [0.15, 0.2) is 18.2 Å². The summed E-state index contributed by atoms with van der Waals surface area (Å²) < 4.78 is 0. The highest BCUT2D eigenvalue weighted by molar-refractivity contribution is 5.88. The first-order valence-electron chi connectivity index (χ1n) is 5.05. The van der Waals surface area contributed by atoms with E-state index in [0.717, 1.165) is 12.0 Å². The molecule has 1 aromatic rings. The fourth-order valence-corrected chi connectivity index (χ4v) is 2.39. The second kappa shape index (κ2) is 3.07. The van der Waals surface area contributed by atoms with Gasteiger partial charge in [-0.05, 0) is 35.1 Å². The minimum atomic E-state index is -0.894. The number of carboxylic acid groups (broad SMARTS) is 1. The Hall–Kier alpha value is -1.35. The first-order chi connectivity index (χ1) is 6.92. The molecule has 0 fully saturated rings. The van der Waals surface area contributed by atoms with Crippen LogP contribution < -0.4 is 5.73 Å². The van der Waals surface area contributed by atoms with Crippen LogP contribution in [-0.4, -0.2) is 11.1 Å². The van der Waals surface area contributed by atoms with Gasteiger partial charge in [0.05, 0.1) is 5.56 Å². The zero-order chi connectivity index (χ0) is 11.2. The van der Waals surface area contributed by atoms with Gasteiger partial charge >= 0.3 is 5.97 Å². The lowest BCUT2D eigenvalue weighted by Crippen LogP contribution is -2.14. The lowest BCUT2D eigenvalue weighted by molar-refractivity contribution is 0.0696. The van der Waals surface area contributed by atoms with Crippen LogP contribution in [0.25, 0.3) is 0 Å². The Morgan fingerprint density at radius 3 is 2.80 bits per heavy atom. The largest absolute Gasteiger partial charge is 0.478 e. The summed E-state index contributed by atoms with van der Waals surface area (Å²) in [6.45, 7) is 4.28. The number of hydrogen-bond donors (Lipinski definition) is 2. The van der Waals surface area contributed by atoms with Gasteiger partial charge in [-0.25, -0.2) is 4.79 Å². The first-order valence-corrected chi connectivity index (χ1v) is 5.05. The van der Waals surface area contributed by atoms with Gasteiger partial charge in [-0.3, -0.25) is 0 Å². The Morgan fingerprint density at radius 1 is 1.53 bits per heavy atom. The molecule has 0 heterocycles. The molecular formula is C12H15NO2. The summed E-state index contributed by atoms with van der Waals surface area (Å²) in [5.41, 5.74) is 8.55. The van der Waals surface area contributed by atoms with E-state index in [1.165, 1.54) is 5.56 Å². The highest BCUT2D eigenvalue weighted by Gasteiger charge is 2.35. The van der Waals surface area contributed by atoms with Crippen molar-refractivity contribution in [3.05, 3.63) is 34.9 Å². The van der Waals surface area contributed by atoms with Gasteiger partial charge in [0.1, 0.15) is 0 Å². The monoisotopic (exact) mass is 205 g/mol. The first kappa shape index (κ1) is 10.2. The molecule has 0 bridgehead atoms. The molecule has 3 heteroatoms. The number of carbonyl (C=O) groups is 1. The Kier molecular flexibility index (Phi) is 2.08. The van der Waals surface area contributed by atoms with E-state index in [4.69, 9.17) is 10.8 Å². The van der Waals surface area contributed by atoms with Gasteiger partial charge < -0.3 is 10.8 Å². The Balaban J connectivity index is 2.55. The van der Waals surface area contributed by atoms with Crippen molar-refractivity contribution in [2.45, 2.75) is 31.7 Å². The molecule has 0 saturated heterocycles. The van der Waals surface area contributed by atoms with E-state index in [1.807, 2.05) is 6.07 Å². The minimum Gasteiger partial charge on any atom is -0.478 e. The van der Waals surface area contributed by atoms with E-state index in [1.54, 1.807) is 12.1 Å². The number of fused-ring (bicyclic) bond motifs is 1. The normalized spacial score (nSPS) is 22.5. The third kappa shape index (κ3) is 1.53. The second-order valence-electron chi connectivity index (χ2n) is 4.80. The zero-order valence-electron chi connectivity index (χ0n) is 8.95. The van der Waals surface area contributed by atoms with E-state index in [-0.39, 0.29) is 11.5 Å². The van der Waals surface area contributed by atoms with Crippen LogP contribution in [0.1, 0.15) is 47.8 Å². The van der Waals surface area contributed by atoms with Gasteiger partial charge in [-0.1, -0.05) is 19.9 Å². The molecule has 0 saturated carbocycles. The third-order valence-corrected chi connectivity index (χ3v) is 3.16. The molecule has 0 aromatic heterocycles. The van der Waals surface area contributed by atoms with Gasteiger partial charge in [-0.2, -0.15) is 0 Å². The molecule has 1 aliphatic rings. The van der Waals surface area contributed by atoms with E-state index < -0.39 is 5.97 Å². The number of nitrogens with two attached hydrogens (primary N) is 1. The fourth-order valence-electron chi connectivity index (χ4n) is 2.39. The summed E-state index contributed by atoms with van der Waals surface area (Å²) >= 11 is 0. The van der Waals surface area contributed by atoms with Crippen molar-refractivity contribution < 1.29 is 9.90 Å². The molecule has 0 aliphatic heterocycles. The molecule has 0 amide bonds. The zero-order valence-corrected chi connectivity index (χ0v) is 8.95. The topological polar surface area (TPSA) is 63.3 Å². The van der Waals surface area contributed by atoms with Crippen molar-refractivity contribution in [1.29, 1.82) is 0 Å². The highest BCUT2D eigenvalue weighted by Crippen LogP contribution is 2.43. The van der Waals surface area contributed by atoms with Crippen LogP contribution in [0.2, 0.25) is 0 Å². The Morgan fingerprint density at radius 2 is 2.20 bits per heavy atom. The van der Waals surface area contributed by atoms with Crippen LogP contribution in [0.3, 0.4) is 0 Å². The summed E-state index contributed by atoms with van der Waals surface area (Å²) in [7, 11) is 0. The number of aromatic carboxylic acids is 1. The van der Waals surface area contributed by atoms with Crippen LogP contribution in [0.4, 0.5) is 0 Å². The molecule has 1 unspecified atom stereocenters.